The summed E-state index contributed by atoms with van der Waals surface area (Å²) in [5.74, 6) is 0.879. The minimum atomic E-state index is -0.201. The Morgan fingerprint density at radius 1 is 1.14 bits per heavy atom. The van der Waals surface area contributed by atoms with Crippen LogP contribution in [0.25, 0.3) is 28.3 Å². The minimum absolute atomic E-state index is 0.201. The van der Waals surface area contributed by atoms with Gasteiger partial charge in [0.15, 0.2) is 5.58 Å². The number of halogens is 1. The van der Waals surface area contributed by atoms with E-state index in [1.807, 2.05) is 24.3 Å². The van der Waals surface area contributed by atoms with Crippen molar-refractivity contribution in [3.05, 3.63) is 83.4 Å². The van der Waals surface area contributed by atoms with Crippen molar-refractivity contribution in [2.75, 3.05) is 0 Å². The standard InChI is InChI=1S/C21H14ClN5O2/c22-16-5-6-18-17(9-16)26-20(29-18)14-3-1-13(2-4-14)10-24-19(28)15-11-25-21-23-7-8-27(21)12-15/h1-9,11-12H,10H2,(H,24,28). The zero-order chi connectivity index (χ0) is 19.8. The van der Waals surface area contributed by atoms with Crippen LogP contribution in [-0.4, -0.2) is 25.3 Å². The number of benzene rings is 2. The number of hydrogen-bond acceptors (Lipinski definition) is 5. The van der Waals surface area contributed by atoms with Crippen LogP contribution in [0, 0.1) is 0 Å². The summed E-state index contributed by atoms with van der Waals surface area (Å²) in [5.41, 5.74) is 3.67. The highest BCUT2D eigenvalue weighted by Crippen LogP contribution is 2.26. The molecule has 3 heterocycles. The molecular formula is C21H14ClN5O2. The second-order valence-electron chi connectivity index (χ2n) is 6.49. The lowest BCUT2D eigenvalue weighted by molar-refractivity contribution is 0.0950. The van der Waals surface area contributed by atoms with Gasteiger partial charge in [0.25, 0.3) is 5.91 Å². The van der Waals surface area contributed by atoms with E-state index < -0.39 is 0 Å². The van der Waals surface area contributed by atoms with E-state index in [2.05, 4.69) is 20.3 Å². The SMILES string of the molecule is O=C(NCc1ccc(-c2nc3cc(Cl)ccc3o2)cc1)c1cnc2nccn2c1. The summed E-state index contributed by atoms with van der Waals surface area (Å²) in [4.78, 5) is 25.1. The lowest BCUT2D eigenvalue weighted by Crippen LogP contribution is -2.23. The van der Waals surface area contributed by atoms with Gasteiger partial charge >= 0.3 is 0 Å². The van der Waals surface area contributed by atoms with Crippen molar-refractivity contribution < 1.29 is 9.21 Å². The van der Waals surface area contributed by atoms with Crippen molar-refractivity contribution in [2.45, 2.75) is 6.54 Å². The molecule has 5 rings (SSSR count). The third kappa shape index (κ3) is 3.43. The van der Waals surface area contributed by atoms with Gasteiger partial charge in [0.05, 0.1) is 5.56 Å². The van der Waals surface area contributed by atoms with Crippen molar-refractivity contribution in [2.24, 2.45) is 0 Å². The summed E-state index contributed by atoms with van der Waals surface area (Å²) in [7, 11) is 0. The minimum Gasteiger partial charge on any atom is -0.436 e. The number of aromatic nitrogens is 4. The number of imidazole rings is 1. The van der Waals surface area contributed by atoms with Crippen LogP contribution in [0.2, 0.25) is 5.02 Å². The van der Waals surface area contributed by atoms with E-state index in [4.69, 9.17) is 16.0 Å². The normalized spacial score (nSPS) is 11.2. The van der Waals surface area contributed by atoms with Gasteiger partial charge in [0.2, 0.25) is 11.7 Å². The highest BCUT2D eigenvalue weighted by molar-refractivity contribution is 6.31. The Kier molecular flexibility index (Phi) is 4.22. The van der Waals surface area contributed by atoms with Crippen LogP contribution in [0.3, 0.4) is 0 Å². The van der Waals surface area contributed by atoms with Crippen LogP contribution < -0.4 is 5.32 Å². The highest BCUT2D eigenvalue weighted by atomic mass is 35.5. The van der Waals surface area contributed by atoms with E-state index in [1.54, 1.807) is 41.2 Å². The zero-order valence-corrected chi connectivity index (χ0v) is 15.8. The Labute approximate surface area is 170 Å². The first kappa shape index (κ1) is 17.4. The number of amides is 1. The summed E-state index contributed by atoms with van der Waals surface area (Å²) >= 11 is 6.00. The Morgan fingerprint density at radius 2 is 2.00 bits per heavy atom. The van der Waals surface area contributed by atoms with Crippen LogP contribution in [0.15, 0.2) is 71.7 Å². The molecule has 0 bridgehead atoms. The summed E-state index contributed by atoms with van der Waals surface area (Å²) in [6, 6.07) is 13.0. The first-order chi connectivity index (χ1) is 14.2. The van der Waals surface area contributed by atoms with Crippen LogP contribution in [0.1, 0.15) is 15.9 Å². The van der Waals surface area contributed by atoms with Gasteiger partial charge in [-0.15, -0.1) is 0 Å². The van der Waals surface area contributed by atoms with Gasteiger partial charge in [0, 0.05) is 41.9 Å². The summed E-state index contributed by atoms with van der Waals surface area (Å²) in [5, 5.41) is 3.51. The van der Waals surface area contributed by atoms with E-state index in [9.17, 15) is 4.79 Å². The molecule has 0 fully saturated rings. The van der Waals surface area contributed by atoms with Crippen LogP contribution in [0.4, 0.5) is 0 Å². The van der Waals surface area contributed by atoms with Crippen LogP contribution >= 0.6 is 11.6 Å². The molecule has 29 heavy (non-hydrogen) atoms. The summed E-state index contributed by atoms with van der Waals surface area (Å²) in [6.45, 7) is 0.393. The number of hydrogen-bond donors (Lipinski definition) is 1. The molecule has 0 atom stereocenters. The molecule has 3 aromatic heterocycles. The van der Waals surface area contributed by atoms with Crippen molar-refractivity contribution in [3.63, 3.8) is 0 Å². The van der Waals surface area contributed by atoms with Crippen LogP contribution in [-0.2, 0) is 6.54 Å². The fourth-order valence-electron chi connectivity index (χ4n) is 3.01. The Morgan fingerprint density at radius 3 is 2.86 bits per heavy atom. The van der Waals surface area contributed by atoms with E-state index >= 15 is 0 Å². The van der Waals surface area contributed by atoms with E-state index in [0.717, 1.165) is 11.1 Å². The number of rotatable bonds is 4. The molecule has 5 aromatic rings. The third-order valence-electron chi connectivity index (χ3n) is 4.51. The van der Waals surface area contributed by atoms with E-state index in [1.165, 1.54) is 6.20 Å². The second kappa shape index (κ2) is 7.03. The second-order valence-corrected chi connectivity index (χ2v) is 6.92. The van der Waals surface area contributed by atoms with Gasteiger partial charge in [-0.1, -0.05) is 23.7 Å². The predicted molar refractivity (Wildman–Crippen MR) is 109 cm³/mol. The molecule has 8 heteroatoms. The first-order valence-corrected chi connectivity index (χ1v) is 9.26. The van der Waals surface area contributed by atoms with Crippen molar-refractivity contribution in [1.82, 2.24) is 24.7 Å². The number of nitrogens with one attached hydrogen (secondary N) is 1. The Hall–Kier alpha value is -3.71. The van der Waals surface area contributed by atoms with Crippen molar-refractivity contribution >= 4 is 34.4 Å². The number of fused-ring (bicyclic) bond motifs is 2. The molecule has 0 saturated heterocycles. The molecule has 0 spiro atoms. The molecular weight excluding hydrogens is 390 g/mol. The maximum absolute atomic E-state index is 12.4. The monoisotopic (exact) mass is 403 g/mol. The topological polar surface area (TPSA) is 85.3 Å². The van der Waals surface area contributed by atoms with Gasteiger partial charge < -0.3 is 9.73 Å². The van der Waals surface area contributed by atoms with Crippen molar-refractivity contribution in [3.8, 4) is 11.5 Å². The fraction of sp³-hybridized carbons (Fsp3) is 0.0476. The van der Waals surface area contributed by atoms with Crippen molar-refractivity contribution in [1.29, 1.82) is 0 Å². The zero-order valence-electron chi connectivity index (χ0n) is 15.0. The molecule has 1 amide bonds. The molecule has 0 aliphatic carbocycles. The maximum atomic E-state index is 12.4. The number of carbonyl (C=O) groups excluding carboxylic acids is 1. The molecule has 7 nitrogen and oxygen atoms in total. The fourth-order valence-corrected chi connectivity index (χ4v) is 3.17. The molecule has 0 radical (unpaired) electrons. The molecule has 2 aromatic carbocycles. The predicted octanol–water partition coefficient (Wildman–Crippen LogP) is 4.12. The lowest BCUT2D eigenvalue weighted by Gasteiger charge is -2.06. The molecule has 1 N–H and O–H groups in total. The van der Waals surface area contributed by atoms with Gasteiger partial charge in [-0.3, -0.25) is 9.20 Å². The molecule has 0 aliphatic rings. The van der Waals surface area contributed by atoms with Gasteiger partial charge in [-0.2, -0.15) is 0 Å². The smallest absolute Gasteiger partial charge is 0.254 e. The van der Waals surface area contributed by atoms with E-state index in [-0.39, 0.29) is 5.91 Å². The average molecular weight is 404 g/mol. The Bertz CT molecular complexity index is 1340. The molecule has 0 saturated carbocycles. The molecule has 0 aliphatic heterocycles. The number of nitrogens with zero attached hydrogens (tertiary/aromatic N) is 4. The van der Waals surface area contributed by atoms with Gasteiger partial charge in [-0.25, -0.2) is 15.0 Å². The van der Waals surface area contributed by atoms with E-state index in [0.29, 0.717) is 39.9 Å². The molecule has 0 unspecified atom stereocenters. The third-order valence-corrected chi connectivity index (χ3v) is 4.75. The maximum Gasteiger partial charge on any atom is 0.254 e. The first-order valence-electron chi connectivity index (χ1n) is 8.88. The average Bonchev–Trinajstić information content (AvgIpc) is 3.38. The Balaban J connectivity index is 1.29. The van der Waals surface area contributed by atoms with Gasteiger partial charge in [-0.05, 0) is 35.9 Å². The highest BCUT2D eigenvalue weighted by Gasteiger charge is 2.10. The summed E-state index contributed by atoms with van der Waals surface area (Å²) < 4.78 is 7.49. The largest absolute Gasteiger partial charge is 0.436 e. The molecule has 142 valence electrons. The quantitative estimate of drug-likeness (QED) is 0.488. The summed E-state index contributed by atoms with van der Waals surface area (Å²) in [6.07, 6.45) is 6.60. The van der Waals surface area contributed by atoms with Gasteiger partial charge in [0.1, 0.15) is 5.52 Å². The number of oxazole rings is 1. The lowest BCUT2D eigenvalue weighted by atomic mass is 10.1. The number of carbonyl (C=O) groups is 1. The van der Waals surface area contributed by atoms with Crippen LogP contribution in [0.5, 0.6) is 0 Å².